The van der Waals surface area contributed by atoms with Gasteiger partial charge in [0.05, 0.1) is 18.1 Å². The highest BCUT2D eigenvalue weighted by atomic mass is 32.1. The minimum Gasteiger partial charge on any atom is -0.496 e. The molecule has 0 unspecified atom stereocenters. The van der Waals surface area contributed by atoms with Crippen molar-refractivity contribution in [3.05, 3.63) is 81.5 Å². The van der Waals surface area contributed by atoms with Crippen LogP contribution in [0.1, 0.15) is 15.2 Å². The van der Waals surface area contributed by atoms with Crippen LogP contribution in [0.3, 0.4) is 0 Å². The van der Waals surface area contributed by atoms with E-state index in [1.54, 1.807) is 0 Å². The molecular weight excluding hydrogens is 393 g/mol. The lowest BCUT2D eigenvalue weighted by atomic mass is 10.0. The number of amides is 1. The van der Waals surface area contributed by atoms with Crippen molar-refractivity contribution in [1.29, 1.82) is 0 Å². The number of methoxy groups -OCH3 is 1. The van der Waals surface area contributed by atoms with E-state index in [1.165, 1.54) is 36.9 Å². The number of carbonyl (C=O) groups is 1. The molecule has 2 heterocycles. The van der Waals surface area contributed by atoms with Gasteiger partial charge in [-0.15, -0.1) is 11.3 Å². The zero-order valence-electron chi connectivity index (χ0n) is 15.6. The van der Waals surface area contributed by atoms with Crippen LogP contribution in [-0.4, -0.2) is 22.7 Å². The van der Waals surface area contributed by atoms with Gasteiger partial charge in [-0.2, -0.15) is 0 Å². The van der Waals surface area contributed by atoms with Gasteiger partial charge >= 0.3 is 0 Å². The molecule has 0 aliphatic carbocycles. The first kappa shape index (κ1) is 18.8. The minimum atomic E-state index is -0.683. The van der Waals surface area contributed by atoms with Gasteiger partial charge in [0, 0.05) is 10.4 Å². The van der Waals surface area contributed by atoms with Crippen molar-refractivity contribution >= 4 is 27.5 Å². The summed E-state index contributed by atoms with van der Waals surface area (Å²) < 4.78 is 19.7. The molecule has 2 aromatic heterocycles. The van der Waals surface area contributed by atoms with E-state index in [4.69, 9.17) is 4.74 Å². The second-order valence-electron chi connectivity index (χ2n) is 6.28. The first-order valence-electron chi connectivity index (χ1n) is 8.70. The molecule has 0 spiro atoms. The van der Waals surface area contributed by atoms with Crippen LogP contribution in [0, 0.1) is 12.7 Å². The van der Waals surface area contributed by atoms with Crippen molar-refractivity contribution in [1.82, 2.24) is 9.66 Å². The molecule has 0 saturated carbocycles. The van der Waals surface area contributed by atoms with Crippen LogP contribution in [0.4, 0.5) is 4.39 Å². The number of benzene rings is 2. The largest absolute Gasteiger partial charge is 0.496 e. The molecule has 0 aliphatic heterocycles. The number of rotatable bonds is 4. The molecule has 4 aromatic rings. The number of ether oxygens (including phenoxy) is 1. The Morgan fingerprint density at radius 2 is 1.97 bits per heavy atom. The van der Waals surface area contributed by atoms with Crippen LogP contribution in [0.15, 0.2) is 59.7 Å². The zero-order chi connectivity index (χ0) is 20.5. The standard InChI is InChI=1S/C21H16FN3O3S/c1-12-17(13-6-4-3-5-7-13)18-20(29-12)23-11-25(21(18)27)24-19(26)15-10-14(22)8-9-16(15)28-2/h3-11H,1-2H3,(H,24,26). The van der Waals surface area contributed by atoms with E-state index in [-0.39, 0.29) is 11.3 Å². The Kier molecular flexibility index (Phi) is 4.85. The summed E-state index contributed by atoms with van der Waals surface area (Å²) >= 11 is 1.41. The first-order valence-corrected chi connectivity index (χ1v) is 9.52. The van der Waals surface area contributed by atoms with Crippen LogP contribution in [0.5, 0.6) is 5.75 Å². The van der Waals surface area contributed by atoms with Crippen LogP contribution in [-0.2, 0) is 0 Å². The molecule has 0 saturated heterocycles. The predicted octanol–water partition coefficient (Wildman–Crippen LogP) is 3.97. The van der Waals surface area contributed by atoms with Gasteiger partial charge in [-0.1, -0.05) is 30.3 Å². The molecule has 0 bridgehead atoms. The van der Waals surface area contributed by atoms with E-state index >= 15 is 0 Å². The molecule has 6 nitrogen and oxygen atoms in total. The Hall–Kier alpha value is -3.52. The van der Waals surface area contributed by atoms with E-state index in [1.807, 2.05) is 37.3 Å². The Labute approximate surface area is 169 Å². The van der Waals surface area contributed by atoms with Gasteiger partial charge in [0.2, 0.25) is 0 Å². The summed E-state index contributed by atoms with van der Waals surface area (Å²) in [4.78, 5) is 31.6. The predicted molar refractivity (Wildman–Crippen MR) is 111 cm³/mol. The number of hydrogen-bond donors (Lipinski definition) is 1. The number of carbonyl (C=O) groups excluding carboxylic acids is 1. The highest BCUT2D eigenvalue weighted by Crippen LogP contribution is 2.35. The summed E-state index contributed by atoms with van der Waals surface area (Å²) in [5.74, 6) is -1.07. The van der Waals surface area contributed by atoms with E-state index in [0.717, 1.165) is 26.7 Å². The lowest BCUT2D eigenvalue weighted by Gasteiger charge is -2.11. The molecule has 4 rings (SSSR count). The highest BCUT2D eigenvalue weighted by Gasteiger charge is 2.19. The second-order valence-corrected chi connectivity index (χ2v) is 7.49. The fourth-order valence-electron chi connectivity index (χ4n) is 3.16. The Balaban J connectivity index is 1.80. The Morgan fingerprint density at radius 1 is 1.21 bits per heavy atom. The number of halogens is 1. The van der Waals surface area contributed by atoms with Crippen molar-refractivity contribution in [2.75, 3.05) is 12.5 Å². The third-order valence-electron chi connectivity index (χ3n) is 4.48. The van der Waals surface area contributed by atoms with Crippen LogP contribution >= 0.6 is 11.3 Å². The van der Waals surface area contributed by atoms with Crippen LogP contribution in [0.25, 0.3) is 21.3 Å². The molecular formula is C21H16FN3O3S. The maximum Gasteiger partial charge on any atom is 0.281 e. The summed E-state index contributed by atoms with van der Waals surface area (Å²) in [5.41, 5.74) is 3.71. The van der Waals surface area contributed by atoms with Crippen LogP contribution in [0.2, 0.25) is 0 Å². The first-order chi connectivity index (χ1) is 14.0. The quantitative estimate of drug-likeness (QED) is 0.554. The minimum absolute atomic E-state index is 0.0238. The third-order valence-corrected chi connectivity index (χ3v) is 5.49. The van der Waals surface area contributed by atoms with Crippen LogP contribution < -0.4 is 15.7 Å². The zero-order valence-corrected chi connectivity index (χ0v) is 16.4. The summed E-state index contributed by atoms with van der Waals surface area (Å²) in [6.07, 6.45) is 1.25. The number of nitrogens with one attached hydrogen (secondary N) is 1. The molecule has 1 amide bonds. The molecule has 1 N–H and O–H groups in total. The number of aryl methyl sites for hydroxylation is 1. The summed E-state index contributed by atoms with van der Waals surface area (Å²) in [7, 11) is 1.38. The average molecular weight is 409 g/mol. The molecule has 29 heavy (non-hydrogen) atoms. The number of fused-ring (bicyclic) bond motifs is 1. The van der Waals surface area contributed by atoms with Crippen molar-refractivity contribution in [3.8, 4) is 16.9 Å². The van der Waals surface area contributed by atoms with E-state index in [0.29, 0.717) is 10.2 Å². The summed E-state index contributed by atoms with van der Waals surface area (Å²) in [6.45, 7) is 1.93. The molecule has 0 fully saturated rings. The lowest BCUT2D eigenvalue weighted by molar-refractivity contribution is 0.100. The fraction of sp³-hybridized carbons (Fsp3) is 0.0952. The second kappa shape index (κ2) is 7.48. The van der Waals surface area contributed by atoms with Crippen molar-refractivity contribution in [3.63, 3.8) is 0 Å². The highest BCUT2D eigenvalue weighted by molar-refractivity contribution is 7.19. The van der Waals surface area contributed by atoms with Gasteiger partial charge in [-0.25, -0.2) is 14.1 Å². The topological polar surface area (TPSA) is 73.2 Å². The van der Waals surface area contributed by atoms with Crippen molar-refractivity contribution in [2.24, 2.45) is 0 Å². The molecule has 146 valence electrons. The molecule has 8 heteroatoms. The van der Waals surface area contributed by atoms with Gasteiger partial charge in [0.1, 0.15) is 22.7 Å². The van der Waals surface area contributed by atoms with E-state index < -0.39 is 17.3 Å². The maximum absolute atomic E-state index is 13.6. The molecule has 0 atom stereocenters. The fourth-order valence-corrected chi connectivity index (χ4v) is 4.17. The van der Waals surface area contributed by atoms with Gasteiger partial charge in [0.15, 0.2) is 0 Å². The number of nitrogens with zero attached hydrogens (tertiary/aromatic N) is 2. The number of aromatic nitrogens is 2. The molecule has 0 aliphatic rings. The van der Waals surface area contributed by atoms with Gasteiger partial charge in [-0.3, -0.25) is 15.0 Å². The van der Waals surface area contributed by atoms with E-state index in [9.17, 15) is 14.0 Å². The summed E-state index contributed by atoms with van der Waals surface area (Å²) in [5, 5.41) is 0.424. The summed E-state index contributed by atoms with van der Waals surface area (Å²) in [6, 6.07) is 13.1. The molecule has 0 radical (unpaired) electrons. The monoisotopic (exact) mass is 409 g/mol. The Bertz CT molecular complexity index is 1280. The third kappa shape index (κ3) is 3.38. The smallest absolute Gasteiger partial charge is 0.281 e. The Morgan fingerprint density at radius 3 is 2.69 bits per heavy atom. The maximum atomic E-state index is 13.6. The average Bonchev–Trinajstić information content (AvgIpc) is 3.07. The van der Waals surface area contributed by atoms with Gasteiger partial charge in [-0.05, 0) is 30.7 Å². The van der Waals surface area contributed by atoms with Crippen molar-refractivity contribution in [2.45, 2.75) is 6.92 Å². The van der Waals surface area contributed by atoms with E-state index in [2.05, 4.69) is 10.4 Å². The number of hydrogen-bond acceptors (Lipinski definition) is 5. The normalized spacial score (nSPS) is 10.9. The lowest BCUT2D eigenvalue weighted by Crippen LogP contribution is -2.33. The number of thiophene rings is 1. The van der Waals surface area contributed by atoms with Gasteiger partial charge in [0.25, 0.3) is 11.5 Å². The SMILES string of the molecule is COc1ccc(F)cc1C(=O)Nn1cnc2sc(C)c(-c3ccccc3)c2c1=O. The van der Waals surface area contributed by atoms with Gasteiger partial charge < -0.3 is 4.74 Å². The molecule has 2 aromatic carbocycles. The van der Waals surface area contributed by atoms with Crippen molar-refractivity contribution < 1.29 is 13.9 Å².